The monoisotopic (exact) mass is 528 g/mol. The zero-order valence-corrected chi connectivity index (χ0v) is 21.1. The normalized spacial score (nSPS) is 17.0. The second-order valence-electron chi connectivity index (χ2n) is 7.38. The van der Waals surface area contributed by atoms with E-state index in [0.717, 1.165) is 20.8 Å². The van der Waals surface area contributed by atoms with E-state index in [2.05, 4.69) is 20.9 Å². The molecular weight excluding hydrogens is 504 g/mol. The summed E-state index contributed by atoms with van der Waals surface area (Å²) in [6.07, 6.45) is 1.94. The molecule has 2 aromatic rings. The molecule has 0 fully saturated rings. The van der Waals surface area contributed by atoms with E-state index in [9.17, 15) is 4.79 Å². The first-order chi connectivity index (χ1) is 16.0. The van der Waals surface area contributed by atoms with Gasteiger partial charge in [-0.3, -0.25) is 0 Å². The first kappa shape index (κ1) is 23.4. The standard InChI is InChI=1S/C25H25BrN2O4S/c1-4-30-21-14-18(8-11-20(21)32-15-17-6-9-19(26)10-7-17)23-22(24(29)31-5-2)16(3)27-25-28(23)12-13-33-25/h6-14,23H,4-5,15H2,1-3H3/t23-/m1/s1. The van der Waals surface area contributed by atoms with Crippen LogP contribution < -0.4 is 9.47 Å². The van der Waals surface area contributed by atoms with Crippen LogP contribution in [0.1, 0.15) is 37.9 Å². The van der Waals surface area contributed by atoms with Gasteiger partial charge in [-0.1, -0.05) is 45.9 Å². The number of amidine groups is 1. The first-order valence-electron chi connectivity index (χ1n) is 10.7. The van der Waals surface area contributed by atoms with Gasteiger partial charge in [0.15, 0.2) is 16.7 Å². The number of esters is 1. The summed E-state index contributed by atoms with van der Waals surface area (Å²) in [6, 6.07) is 13.4. The Hall–Kier alpha value is -2.71. The van der Waals surface area contributed by atoms with Crippen LogP contribution in [0.2, 0.25) is 0 Å². The fourth-order valence-electron chi connectivity index (χ4n) is 3.72. The molecule has 2 aliphatic heterocycles. The zero-order valence-electron chi connectivity index (χ0n) is 18.7. The van der Waals surface area contributed by atoms with Crippen molar-refractivity contribution in [1.29, 1.82) is 0 Å². The minimum Gasteiger partial charge on any atom is -0.490 e. The quantitative estimate of drug-likeness (QED) is 0.380. The highest BCUT2D eigenvalue weighted by Crippen LogP contribution is 2.43. The molecule has 0 radical (unpaired) electrons. The number of ether oxygens (including phenoxy) is 3. The summed E-state index contributed by atoms with van der Waals surface area (Å²) in [4.78, 5) is 19.5. The van der Waals surface area contributed by atoms with Crippen molar-refractivity contribution in [2.24, 2.45) is 4.99 Å². The molecule has 8 heteroatoms. The molecule has 2 aliphatic rings. The van der Waals surface area contributed by atoms with Crippen LogP contribution in [-0.2, 0) is 16.1 Å². The van der Waals surface area contributed by atoms with E-state index in [0.29, 0.717) is 42.6 Å². The van der Waals surface area contributed by atoms with E-state index in [1.54, 1.807) is 6.92 Å². The topological polar surface area (TPSA) is 60.4 Å². The van der Waals surface area contributed by atoms with Crippen molar-refractivity contribution in [2.45, 2.75) is 33.4 Å². The SMILES string of the molecule is CCOC(=O)C1=C(C)N=C2SC=CN2[C@@H]1c1ccc(OCc2ccc(Br)cc2)c(OCC)c1. The molecule has 33 heavy (non-hydrogen) atoms. The molecule has 0 aliphatic carbocycles. The van der Waals surface area contributed by atoms with E-state index in [1.807, 2.05) is 72.8 Å². The van der Waals surface area contributed by atoms with Crippen LogP contribution in [0.5, 0.6) is 11.5 Å². The van der Waals surface area contributed by atoms with Gasteiger partial charge in [-0.2, -0.15) is 0 Å². The molecular formula is C25H25BrN2O4S. The van der Waals surface area contributed by atoms with Crippen LogP contribution in [0.3, 0.4) is 0 Å². The predicted molar refractivity (Wildman–Crippen MR) is 134 cm³/mol. The number of hydrogen-bond acceptors (Lipinski definition) is 7. The Morgan fingerprint density at radius 2 is 1.88 bits per heavy atom. The van der Waals surface area contributed by atoms with Crippen LogP contribution in [0, 0.1) is 0 Å². The molecule has 6 nitrogen and oxygen atoms in total. The summed E-state index contributed by atoms with van der Waals surface area (Å²) in [5.74, 6) is 0.924. The third-order valence-electron chi connectivity index (χ3n) is 5.21. The number of allylic oxidation sites excluding steroid dienone is 1. The number of benzene rings is 2. The Balaban J connectivity index is 1.67. The number of nitrogens with zero attached hydrogens (tertiary/aromatic N) is 2. The molecule has 172 valence electrons. The first-order valence-corrected chi connectivity index (χ1v) is 12.4. The largest absolute Gasteiger partial charge is 0.490 e. The number of fused-ring (bicyclic) bond motifs is 1. The second-order valence-corrected chi connectivity index (χ2v) is 9.17. The molecule has 0 bridgehead atoms. The molecule has 0 saturated carbocycles. The number of carbonyl (C=O) groups excluding carboxylic acids is 1. The third-order valence-corrected chi connectivity index (χ3v) is 6.51. The summed E-state index contributed by atoms with van der Waals surface area (Å²) in [5.41, 5.74) is 3.14. The Morgan fingerprint density at radius 3 is 2.61 bits per heavy atom. The minimum atomic E-state index is -0.360. The van der Waals surface area contributed by atoms with Crippen molar-refractivity contribution in [3.05, 3.63) is 80.9 Å². The summed E-state index contributed by atoms with van der Waals surface area (Å²) in [6.45, 7) is 6.80. The van der Waals surface area contributed by atoms with Crippen molar-refractivity contribution in [3.8, 4) is 11.5 Å². The molecule has 0 unspecified atom stereocenters. The van der Waals surface area contributed by atoms with E-state index < -0.39 is 0 Å². The van der Waals surface area contributed by atoms with Crippen LogP contribution in [-0.4, -0.2) is 29.3 Å². The van der Waals surface area contributed by atoms with E-state index >= 15 is 0 Å². The van der Waals surface area contributed by atoms with Crippen molar-refractivity contribution in [3.63, 3.8) is 0 Å². The number of carbonyl (C=O) groups is 1. The van der Waals surface area contributed by atoms with Crippen molar-refractivity contribution in [1.82, 2.24) is 4.90 Å². The van der Waals surface area contributed by atoms with E-state index in [4.69, 9.17) is 14.2 Å². The Labute approximate surface area is 206 Å². The fraction of sp³-hybridized carbons (Fsp3) is 0.280. The maximum absolute atomic E-state index is 12.9. The van der Waals surface area contributed by atoms with E-state index in [-0.39, 0.29) is 12.0 Å². The van der Waals surface area contributed by atoms with Gasteiger partial charge in [0.25, 0.3) is 0 Å². The van der Waals surface area contributed by atoms with Gasteiger partial charge in [-0.05, 0) is 61.6 Å². The molecule has 4 rings (SSSR count). The second kappa shape index (κ2) is 10.5. The highest BCUT2D eigenvalue weighted by molar-refractivity contribution is 9.10. The predicted octanol–water partition coefficient (Wildman–Crippen LogP) is 6.19. The Bertz CT molecular complexity index is 1130. The van der Waals surface area contributed by atoms with Gasteiger partial charge in [-0.15, -0.1) is 0 Å². The lowest BCUT2D eigenvalue weighted by atomic mass is 9.94. The van der Waals surface area contributed by atoms with Crippen LogP contribution in [0.4, 0.5) is 0 Å². The summed E-state index contributed by atoms with van der Waals surface area (Å²) < 4.78 is 18.4. The van der Waals surface area contributed by atoms with Crippen LogP contribution in [0.25, 0.3) is 0 Å². The molecule has 1 atom stereocenters. The number of halogens is 1. The third kappa shape index (κ3) is 5.12. The summed E-state index contributed by atoms with van der Waals surface area (Å²) in [7, 11) is 0. The molecule has 2 aromatic carbocycles. The Morgan fingerprint density at radius 1 is 1.09 bits per heavy atom. The number of aliphatic imine (C=N–C) groups is 1. The maximum atomic E-state index is 12.9. The average Bonchev–Trinajstić information content (AvgIpc) is 3.26. The maximum Gasteiger partial charge on any atom is 0.338 e. The highest BCUT2D eigenvalue weighted by atomic mass is 79.9. The van der Waals surface area contributed by atoms with Gasteiger partial charge in [0, 0.05) is 10.7 Å². The molecule has 0 saturated heterocycles. The molecule has 0 spiro atoms. The van der Waals surface area contributed by atoms with Crippen LogP contribution in [0.15, 0.2) is 74.8 Å². The lowest BCUT2D eigenvalue weighted by molar-refractivity contribution is -0.139. The molecule has 0 aromatic heterocycles. The molecule has 0 N–H and O–H groups in total. The summed E-state index contributed by atoms with van der Waals surface area (Å²) in [5, 5.41) is 2.80. The smallest absolute Gasteiger partial charge is 0.338 e. The Kier molecular flexibility index (Phi) is 7.45. The van der Waals surface area contributed by atoms with Gasteiger partial charge < -0.3 is 19.1 Å². The fourth-order valence-corrected chi connectivity index (χ4v) is 4.78. The molecule has 0 amide bonds. The van der Waals surface area contributed by atoms with Crippen molar-refractivity contribution >= 4 is 38.8 Å². The van der Waals surface area contributed by atoms with Crippen LogP contribution >= 0.6 is 27.7 Å². The lowest BCUT2D eigenvalue weighted by Crippen LogP contribution is -2.34. The summed E-state index contributed by atoms with van der Waals surface area (Å²) >= 11 is 4.98. The van der Waals surface area contributed by atoms with Gasteiger partial charge in [0.2, 0.25) is 0 Å². The van der Waals surface area contributed by atoms with Gasteiger partial charge in [0.1, 0.15) is 6.61 Å². The van der Waals surface area contributed by atoms with Crippen molar-refractivity contribution in [2.75, 3.05) is 13.2 Å². The van der Waals surface area contributed by atoms with E-state index in [1.165, 1.54) is 11.8 Å². The number of thioether (sulfide) groups is 1. The number of rotatable bonds is 8. The molecule has 2 heterocycles. The lowest BCUT2D eigenvalue weighted by Gasteiger charge is -2.33. The number of hydrogen-bond donors (Lipinski definition) is 0. The zero-order chi connectivity index (χ0) is 23.4. The highest BCUT2D eigenvalue weighted by Gasteiger charge is 2.37. The van der Waals surface area contributed by atoms with Crippen molar-refractivity contribution < 1.29 is 19.0 Å². The van der Waals surface area contributed by atoms with Gasteiger partial charge >= 0.3 is 5.97 Å². The van der Waals surface area contributed by atoms with Gasteiger partial charge in [0.05, 0.1) is 30.5 Å². The average molecular weight is 529 g/mol. The van der Waals surface area contributed by atoms with Gasteiger partial charge in [-0.25, -0.2) is 9.79 Å². The minimum absolute atomic E-state index is 0.302.